The van der Waals surface area contributed by atoms with Crippen LogP contribution in [0.15, 0.2) is 59.1 Å². The number of amides is 1. The molecule has 0 aliphatic heterocycles. The predicted molar refractivity (Wildman–Crippen MR) is 109 cm³/mol. The van der Waals surface area contributed by atoms with Crippen molar-refractivity contribution in [2.75, 3.05) is 11.9 Å². The molecule has 0 aliphatic carbocycles. The lowest BCUT2D eigenvalue weighted by atomic mass is 10.1. The zero-order valence-corrected chi connectivity index (χ0v) is 16.5. The molecule has 7 heteroatoms. The molecular formula is C19H13BrCl2N2O2. The van der Waals surface area contributed by atoms with Gasteiger partial charge >= 0.3 is 0 Å². The van der Waals surface area contributed by atoms with Crippen LogP contribution in [0.4, 0.5) is 5.69 Å². The number of carbonyl (C=O) groups is 1. The summed E-state index contributed by atoms with van der Waals surface area (Å²) in [5.41, 5.74) is 0.787. The third-order valence-corrected chi connectivity index (χ3v) is 4.23. The Labute approximate surface area is 169 Å². The van der Waals surface area contributed by atoms with Crippen LogP contribution in [0.1, 0.15) is 5.56 Å². The van der Waals surface area contributed by atoms with E-state index < -0.39 is 5.91 Å². The Balaban J connectivity index is 2.34. The Morgan fingerprint density at radius 2 is 2.08 bits per heavy atom. The molecule has 0 atom stereocenters. The second-order valence-electron chi connectivity index (χ2n) is 5.03. The van der Waals surface area contributed by atoms with E-state index in [0.29, 0.717) is 33.7 Å². The lowest BCUT2D eigenvalue weighted by Gasteiger charge is -2.09. The molecule has 2 rings (SSSR count). The Kier molecular flexibility index (Phi) is 7.28. The largest absolute Gasteiger partial charge is 0.489 e. The van der Waals surface area contributed by atoms with Gasteiger partial charge in [-0.1, -0.05) is 51.8 Å². The van der Waals surface area contributed by atoms with Gasteiger partial charge in [0.2, 0.25) is 0 Å². The van der Waals surface area contributed by atoms with E-state index in [1.165, 1.54) is 12.1 Å². The number of anilines is 1. The summed E-state index contributed by atoms with van der Waals surface area (Å²) in [4.78, 5) is 12.4. The number of ether oxygens (including phenoxy) is 1. The fraction of sp³-hybridized carbons (Fsp3) is 0.0526. The van der Waals surface area contributed by atoms with Gasteiger partial charge in [-0.25, -0.2) is 0 Å². The molecule has 1 amide bonds. The van der Waals surface area contributed by atoms with Crippen LogP contribution >= 0.6 is 39.1 Å². The van der Waals surface area contributed by atoms with Gasteiger partial charge in [-0.2, -0.15) is 5.26 Å². The Morgan fingerprint density at radius 3 is 2.77 bits per heavy atom. The summed E-state index contributed by atoms with van der Waals surface area (Å²) in [6.07, 6.45) is 3.05. The lowest BCUT2D eigenvalue weighted by Crippen LogP contribution is -2.13. The highest BCUT2D eigenvalue weighted by atomic mass is 79.9. The van der Waals surface area contributed by atoms with Crippen molar-refractivity contribution in [3.63, 3.8) is 0 Å². The van der Waals surface area contributed by atoms with Gasteiger partial charge in [0, 0.05) is 15.1 Å². The first-order chi connectivity index (χ1) is 12.4. The fourth-order valence-corrected chi connectivity index (χ4v) is 2.71. The van der Waals surface area contributed by atoms with E-state index in [1.807, 2.05) is 6.07 Å². The van der Waals surface area contributed by atoms with Crippen molar-refractivity contribution in [2.45, 2.75) is 0 Å². The Bertz CT molecular complexity index is 920. The summed E-state index contributed by atoms with van der Waals surface area (Å²) in [5, 5.41) is 12.7. The summed E-state index contributed by atoms with van der Waals surface area (Å²) in [5.74, 6) is -0.0826. The van der Waals surface area contributed by atoms with Crippen LogP contribution in [0.25, 0.3) is 6.08 Å². The van der Waals surface area contributed by atoms with Gasteiger partial charge in [-0.05, 0) is 42.5 Å². The minimum absolute atomic E-state index is 0.109. The van der Waals surface area contributed by atoms with E-state index in [2.05, 4.69) is 27.8 Å². The second kappa shape index (κ2) is 9.44. The number of nitrogens with one attached hydrogen (secondary N) is 1. The number of hydrogen-bond donors (Lipinski definition) is 1. The maximum absolute atomic E-state index is 12.4. The first-order valence-electron chi connectivity index (χ1n) is 7.36. The molecule has 0 aliphatic rings. The van der Waals surface area contributed by atoms with E-state index in [4.69, 9.17) is 27.9 Å². The summed E-state index contributed by atoms with van der Waals surface area (Å²) in [6, 6.07) is 11.8. The third kappa shape index (κ3) is 5.37. The van der Waals surface area contributed by atoms with Gasteiger partial charge in [0.1, 0.15) is 24.0 Å². The molecule has 1 N–H and O–H groups in total. The number of nitriles is 1. The summed E-state index contributed by atoms with van der Waals surface area (Å²) >= 11 is 15.3. The van der Waals surface area contributed by atoms with Gasteiger partial charge in [0.05, 0.1) is 10.7 Å². The Hall–Kier alpha value is -2.26. The average molecular weight is 452 g/mol. The van der Waals surface area contributed by atoms with Gasteiger partial charge in [-0.3, -0.25) is 4.79 Å². The van der Waals surface area contributed by atoms with Crippen LogP contribution in [0.3, 0.4) is 0 Å². The molecule has 0 aromatic heterocycles. The molecule has 26 heavy (non-hydrogen) atoms. The molecule has 0 radical (unpaired) electrons. The molecule has 0 unspecified atom stereocenters. The molecule has 2 aromatic carbocycles. The maximum Gasteiger partial charge on any atom is 0.266 e. The molecule has 0 saturated heterocycles. The van der Waals surface area contributed by atoms with E-state index >= 15 is 0 Å². The third-order valence-electron chi connectivity index (χ3n) is 3.17. The van der Waals surface area contributed by atoms with Crippen LogP contribution in [0.5, 0.6) is 5.75 Å². The zero-order chi connectivity index (χ0) is 19.1. The molecule has 4 nitrogen and oxygen atoms in total. The van der Waals surface area contributed by atoms with E-state index in [1.54, 1.807) is 36.4 Å². The predicted octanol–water partition coefficient (Wildman–Crippen LogP) is 5.87. The molecule has 2 aromatic rings. The first kappa shape index (κ1) is 20.1. The molecule has 0 spiro atoms. The molecular weight excluding hydrogens is 439 g/mol. The molecule has 0 heterocycles. The number of nitrogens with zero attached hydrogens (tertiary/aromatic N) is 1. The van der Waals surface area contributed by atoms with Crippen LogP contribution in [0.2, 0.25) is 10.0 Å². The zero-order valence-electron chi connectivity index (χ0n) is 13.4. The topological polar surface area (TPSA) is 62.1 Å². The van der Waals surface area contributed by atoms with Gasteiger partial charge < -0.3 is 10.1 Å². The smallest absolute Gasteiger partial charge is 0.266 e. The number of halogens is 3. The summed E-state index contributed by atoms with van der Waals surface area (Å²) < 4.78 is 6.34. The summed E-state index contributed by atoms with van der Waals surface area (Å²) in [7, 11) is 0. The van der Waals surface area contributed by atoms with Crippen molar-refractivity contribution in [3.8, 4) is 11.8 Å². The van der Waals surface area contributed by atoms with E-state index in [0.717, 1.165) is 4.47 Å². The molecule has 132 valence electrons. The summed E-state index contributed by atoms with van der Waals surface area (Å²) in [6.45, 7) is 3.90. The number of rotatable bonds is 6. The second-order valence-corrected chi connectivity index (χ2v) is 6.79. The van der Waals surface area contributed by atoms with E-state index in [-0.39, 0.29) is 5.57 Å². The maximum atomic E-state index is 12.4. The van der Waals surface area contributed by atoms with Crippen LogP contribution in [-0.4, -0.2) is 12.5 Å². The van der Waals surface area contributed by atoms with E-state index in [9.17, 15) is 10.1 Å². The van der Waals surface area contributed by atoms with Crippen LogP contribution in [0, 0.1) is 11.3 Å². The minimum atomic E-state index is -0.605. The van der Waals surface area contributed by atoms with Gasteiger partial charge in [0.25, 0.3) is 5.91 Å². The Morgan fingerprint density at radius 1 is 1.31 bits per heavy atom. The van der Waals surface area contributed by atoms with Crippen LogP contribution in [-0.2, 0) is 4.79 Å². The minimum Gasteiger partial charge on any atom is -0.489 e. The lowest BCUT2D eigenvalue weighted by molar-refractivity contribution is -0.112. The van der Waals surface area contributed by atoms with Crippen molar-refractivity contribution < 1.29 is 9.53 Å². The highest BCUT2D eigenvalue weighted by Gasteiger charge is 2.13. The van der Waals surface area contributed by atoms with Gasteiger partial charge in [0.15, 0.2) is 0 Å². The normalized spacial score (nSPS) is 10.8. The van der Waals surface area contributed by atoms with Gasteiger partial charge in [-0.15, -0.1) is 0 Å². The number of carbonyl (C=O) groups excluding carboxylic acids is 1. The molecule has 0 bridgehead atoms. The number of benzene rings is 2. The molecule has 0 saturated carbocycles. The highest BCUT2D eigenvalue weighted by Crippen LogP contribution is 2.28. The van der Waals surface area contributed by atoms with Crippen molar-refractivity contribution in [1.29, 1.82) is 5.26 Å². The molecule has 0 fully saturated rings. The quantitative estimate of drug-likeness (QED) is 0.339. The first-order valence-corrected chi connectivity index (χ1v) is 8.91. The standard InChI is InChI=1S/C19H13BrCl2N2O2/c1-2-7-26-18-6-3-14(20)9-12(18)8-13(11-23)19(25)24-17-10-15(21)4-5-16(17)22/h2-6,8-10H,1,7H2,(H,24,25)/b13-8+. The van der Waals surface area contributed by atoms with Crippen molar-refractivity contribution >= 4 is 56.8 Å². The van der Waals surface area contributed by atoms with Crippen molar-refractivity contribution in [2.24, 2.45) is 0 Å². The SMILES string of the molecule is C=CCOc1ccc(Br)cc1/C=C(\C#N)C(=O)Nc1cc(Cl)ccc1Cl. The van der Waals surface area contributed by atoms with Crippen molar-refractivity contribution in [1.82, 2.24) is 0 Å². The average Bonchev–Trinajstić information content (AvgIpc) is 2.61. The monoisotopic (exact) mass is 450 g/mol. The fourth-order valence-electron chi connectivity index (χ4n) is 2.00. The highest BCUT2D eigenvalue weighted by molar-refractivity contribution is 9.10. The number of hydrogen-bond acceptors (Lipinski definition) is 3. The van der Waals surface area contributed by atoms with Crippen LogP contribution < -0.4 is 10.1 Å². The van der Waals surface area contributed by atoms with Crippen molar-refractivity contribution in [3.05, 3.63) is 74.7 Å².